The molecule has 0 amide bonds. The molecule has 1 N–H and O–H groups in total. The van der Waals surface area contributed by atoms with Gasteiger partial charge in [0.2, 0.25) is 0 Å². The molecular weight excluding hydrogens is 322 g/mol. The maximum atomic E-state index is 6.38. The normalized spacial score (nSPS) is 25.3. The van der Waals surface area contributed by atoms with E-state index < -0.39 is 0 Å². The van der Waals surface area contributed by atoms with Crippen LogP contribution in [0.2, 0.25) is 5.02 Å². The molecule has 0 radical (unpaired) electrons. The first-order valence-electron chi connectivity index (χ1n) is 7.28. The van der Waals surface area contributed by atoms with Crippen molar-refractivity contribution in [1.82, 2.24) is 5.32 Å². The summed E-state index contributed by atoms with van der Waals surface area (Å²) in [5, 5.41) is 4.36. The van der Waals surface area contributed by atoms with E-state index in [-0.39, 0.29) is 0 Å². The van der Waals surface area contributed by atoms with Crippen LogP contribution in [-0.4, -0.2) is 7.05 Å². The molecule has 0 heterocycles. The Labute approximate surface area is 130 Å². The Morgan fingerprint density at radius 3 is 2.58 bits per heavy atom. The molecule has 19 heavy (non-hydrogen) atoms. The average Bonchev–Trinajstić information content (AvgIpc) is 2.44. The molecule has 1 fully saturated rings. The van der Waals surface area contributed by atoms with Crippen molar-refractivity contribution in [3.05, 3.63) is 33.3 Å². The summed E-state index contributed by atoms with van der Waals surface area (Å²) in [5.41, 5.74) is 1.23. The predicted octanol–water partition coefficient (Wildman–Crippen LogP) is 5.58. The topological polar surface area (TPSA) is 12.0 Å². The van der Waals surface area contributed by atoms with Crippen molar-refractivity contribution in [1.29, 1.82) is 0 Å². The Morgan fingerprint density at radius 2 is 2.00 bits per heavy atom. The van der Waals surface area contributed by atoms with Gasteiger partial charge in [0.05, 0.1) is 0 Å². The van der Waals surface area contributed by atoms with Crippen LogP contribution in [0.4, 0.5) is 0 Å². The van der Waals surface area contributed by atoms with E-state index in [0.717, 1.165) is 15.4 Å². The van der Waals surface area contributed by atoms with Crippen LogP contribution in [0.25, 0.3) is 0 Å². The summed E-state index contributed by atoms with van der Waals surface area (Å²) < 4.78 is 1.11. The average molecular weight is 345 g/mol. The van der Waals surface area contributed by atoms with E-state index in [9.17, 15) is 0 Å². The molecular formula is C16H23BrClN. The van der Waals surface area contributed by atoms with Gasteiger partial charge in [-0.3, -0.25) is 0 Å². The van der Waals surface area contributed by atoms with E-state index in [1.807, 2.05) is 19.2 Å². The minimum atomic E-state index is 0.378. The zero-order valence-electron chi connectivity index (χ0n) is 11.8. The molecule has 106 valence electrons. The monoisotopic (exact) mass is 343 g/mol. The van der Waals surface area contributed by atoms with Gasteiger partial charge in [-0.25, -0.2) is 0 Å². The lowest BCUT2D eigenvalue weighted by atomic mass is 9.76. The second-order valence-electron chi connectivity index (χ2n) is 5.62. The highest BCUT2D eigenvalue weighted by Crippen LogP contribution is 2.40. The van der Waals surface area contributed by atoms with E-state index in [0.29, 0.717) is 12.0 Å². The summed E-state index contributed by atoms with van der Waals surface area (Å²) >= 11 is 9.94. The Hall–Kier alpha value is -0.0500. The van der Waals surface area contributed by atoms with Crippen LogP contribution in [0.3, 0.4) is 0 Å². The lowest BCUT2D eigenvalue weighted by Crippen LogP contribution is -2.29. The zero-order chi connectivity index (χ0) is 13.8. The molecule has 1 aliphatic rings. The van der Waals surface area contributed by atoms with Gasteiger partial charge in [-0.15, -0.1) is 0 Å². The van der Waals surface area contributed by atoms with Gasteiger partial charge >= 0.3 is 0 Å². The molecule has 0 bridgehead atoms. The molecule has 1 unspecified atom stereocenters. The van der Waals surface area contributed by atoms with E-state index in [1.54, 1.807) is 0 Å². The quantitative estimate of drug-likeness (QED) is 0.752. The molecule has 1 aliphatic carbocycles. The van der Waals surface area contributed by atoms with Crippen LogP contribution >= 0.6 is 27.5 Å². The SMILES string of the molecule is CCC1CCC(C(NC)c2cc(Br)ccc2Cl)CC1. The summed E-state index contributed by atoms with van der Waals surface area (Å²) in [6.45, 7) is 2.31. The second-order valence-corrected chi connectivity index (χ2v) is 6.94. The van der Waals surface area contributed by atoms with Crippen molar-refractivity contribution < 1.29 is 0 Å². The lowest BCUT2D eigenvalue weighted by molar-refractivity contribution is 0.224. The van der Waals surface area contributed by atoms with Crippen LogP contribution in [-0.2, 0) is 0 Å². The predicted molar refractivity (Wildman–Crippen MR) is 86.7 cm³/mol. The van der Waals surface area contributed by atoms with Gasteiger partial charge in [-0.1, -0.05) is 53.7 Å². The Bertz CT molecular complexity index is 413. The molecule has 2 rings (SSSR count). The van der Waals surface area contributed by atoms with Gasteiger partial charge in [0.25, 0.3) is 0 Å². The highest BCUT2D eigenvalue weighted by atomic mass is 79.9. The van der Waals surface area contributed by atoms with E-state index in [1.165, 1.54) is 37.7 Å². The van der Waals surface area contributed by atoms with Crippen LogP contribution in [0.15, 0.2) is 22.7 Å². The van der Waals surface area contributed by atoms with Crippen molar-refractivity contribution >= 4 is 27.5 Å². The van der Waals surface area contributed by atoms with E-state index in [4.69, 9.17) is 11.6 Å². The molecule has 0 saturated heterocycles. The Morgan fingerprint density at radius 1 is 1.32 bits per heavy atom. The van der Waals surface area contributed by atoms with E-state index >= 15 is 0 Å². The Kier molecular flexibility index (Phi) is 5.73. The van der Waals surface area contributed by atoms with Crippen molar-refractivity contribution in [2.75, 3.05) is 7.05 Å². The Balaban J connectivity index is 2.14. The van der Waals surface area contributed by atoms with Crippen LogP contribution in [0.1, 0.15) is 50.6 Å². The maximum absolute atomic E-state index is 6.38. The van der Waals surface area contributed by atoms with Crippen LogP contribution < -0.4 is 5.32 Å². The first kappa shape index (κ1) is 15.3. The van der Waals surface area contributed by atoms with Gasteiger partial charge in [-0.05, 0) is 55.5 Å². The molecule has 1 nitrogen and oxygen atoms in total. The fourth-order valence-electron chi connectivity index (χ4n) is 3.33. The van der Waals surface area contributed by atoms with Crippen molar-refractivity contribution in [2.24, 2.45) is 11.8 Å². The van der Waals surface area contributed by atoms with Crippen LogP contribution in [0, 0.1) is 11.8 Å². The number of benzene rings is 1. The minimum Gasteiger partial charge on any atom is -0.313 e. The third-order valence-electron chi connectivity index (χ3n) is 4.54. The molecule has 1 aromatic rings. The number of nitrogens with one attached hydrogen (secondary N) is 1. The zero-order valence-corrected chi connectivity index (χ0v) is 14.1. The first-order valence-corrected chi connectivity index (χ1v) is 8.45. The maximum Gasteiger partial charge on any atom is 0.0454 e. The first-order chi connectivity index (χ1) is 9.15. The standard InChI is InChI=1S/C16H23BrClN/c1-3-11-4-6-12(7-5-11)16(19-2)14-10-13(17)8-9-15(14)18/h8-12,16,19H,3-7H2,1-2H3. The summed E-state index contributed by atoms with van der Waals surface area (Å²) in [6.07, 6.45) is 6.68. The van der Waals surface area contributed by atoms with Crippen molar-refractivity contribution in [2.45, 2.75) is 45.1 Å². The molecule has 0 aromatic heterocycles. The molecule has 3 heteroatoms. The number of rotatable bonds is 4. The van der Waals surface area contributed by atoms with Gasteiger partial charge in [-0.2, -0.15) is 0 Å². The molecule has 1 saturated carbocycles. The van der Waals surface area contributed by atoms with Crippen molar-refractivity contribution in [3.63, 3.8) is 0 Å². The minimum absolute atomic E-state index is 0.378. The smallest absolute Gasteiger partial charge is 0.0454 e. The van der Waals surface area contributed by atoms with Gasteiger partial charge < -0.3 is 5.32 Å². The third-order valence-corrected chi connectivity index (χ3v) is 5.38. The van der Waals surface area contributed by atoms with Gasteiger partial charge in [0, 0.05) is 15.5 Å². The summed E-state index contributed by atoms with van der Waals surface area (Å²) in [6, 6.07) is 6.54. The van der Waals surface area contributed by atoms with Gasteiger partial charge in [0.15, 0.2) is 0 Å². The number of hydrogen-bond acceptors (Lipinski definition) is 1. The summed E-state index contributed by atoms with van der Waals surface area (Å²) in [5.74, 6) is 1.64. The fourth-order valence-corrected chi connectivity index (χ4v) is 3.94. The molecule has 1 aromatic carbocycles. The summed E-state index contributed by atoms with van der Waals surface area (Å²) in [4.78, 5) is 0. The molecule has 0 aliphatic heterocycles. The summed E-state index contributed by atoms with van der Waals surface area (Å²) in [7, 11) is 2.05. The number of hydrogen-bond donors (Lipinski definition) is 1. The van der Waals surface area contributed by atoms with Gasteiger partial charge in [0.1, 0.15) is 0 Å². The highest BCUT2D eigenvalue weighted by Gasteiger charge is 2.28. The van der Waals surface area contributed by atoms with E-state index in [2.05, 4.69) is 34.2 Å². The lowest BCUT2D eigenvalue weighted by Gasteiger charge is -2.34. The number of halogens is 2. The molecule has 0 spiro atoms. The third kappa shape index (κ3) is 3.74. The second kappa shape index (κ2) is 7.10. The fraction of sp³-hybridized carbons (Fsp3) is 0.625. The highest BCUT2D eigenvalue weighted by molar-refractivity contribution is 9.10. The largest absolute Gasteiger partial charge is 0.313 e. The molecule has 1 atom stereocenters. The van der Waals surface area contributed by atoms with Crippen molar-refractivity contribution in [3.8, 4) is 0 Å². The van der Waals surface area contributed by atoms with Crippen LogP contribution in [0.5, 0.6) is 0 Å².